The van der Waals surface area contributed by atoms with Crippen LogP contribution in [0.1, 0.15) is 2.85 Å². The van der Waals surface area contributed by atoms with Crippen LogP contribution in [0.5, 0.6) is 0 Å². The van der Waals surface area contributed by atoms with E-state index in [-0.39, 0.29) is 75.1 Å². The van der Waals surface area contributed by atoms with E-state index >= 15 is 0 Å². The number of hydrogen-bond donors (Lipinski definition) is 4. The standard InChI is InChI=1S/C10H16N2O8.2Na.2H/c13-7(14)3-11(4-8(15)16)1-2-12(5-9(17)18)6-10(19)20;;;;/h1-6H2,(H,13,14)(H,15,16)(H,17,18)(H,19,20);;;;/p+2. The Morgan fingerprint density at radius 1 is 0.591 bits per heavy atom. The molecule has 0 rings (SSSR count). The predicted octanol–water partition coefficient (Wildman–Crippen LogP) is -3.14. The zero-order valence-corrected chi connectivity index (χ0v) is 10.6. The summed E-state index contributed by atoms with van der Waals surface area (Å²) in [4.78, 5) is 44.4. The molecule has 0 spiro atoms. The molecule has 12 heteroatoms. The number of carboxylic acids is 4. The number of rotatable bonds is 11. The fourth-order valence-electron chi connectivity index (χ4n) is 1.48. The molecule has 0 aromatic heterocycles. The van der Waals surface area contributed by atoms with Crippen molar-refractivity contribution in [3.63, 3.8) is 0 Å². The average molecular weight is 342 g/mol. The van der Waals surface area contributed by atoms with Crippen LogP contribution in [0.3, 0.4) is 0 Å². The van der Waals surface area contributed by atoms with Gasteiger partial charge >= 0.3 is 85.8 Å². The van der Waals surface area contributed by atoms with Gasteiger partial charge in [0.05, 0.1) is 26.2 Å². The molecule has 0 heterocycles. The second-order valence-electron chi connectivity index (χ2n) is 4.00. The van der Waals surface area contributed by atoms with Crippen LogP contribution in [0.15, 0.2) is 0 Å². The number of hydrogen-bond acceptors (Lipinski definition) is 6. The van der Waals surface area contributed by atoms with Crippen molar-refractivity contribution in [1.82, 2.24) is 9.80 Å². The molecule has 0 atom stereocenters. The average Bonchev–Trinajstić information content (AvgIpc) is 2.22. The molecule has 0 amide bonds. The van der Waals surface area contributed by atoms with Gasteiger partial charge in [-0.25, -0.2) is 0 Å². The molecule has 0 aliphatic heterocycles. The summed E-state index contributed by atoms with van der Waals surface area (Å²) in [7, 11) is 0. The molecular formula is C10H20N2Na2O8+2. The molecule has 22 heavy (non-hydrogen) atoms. The van der Waals surface area contributed by atoms with Crippen LogP contribution in [0.4, 0.5) is 0 Å². The maximum atomic E-state index is 10.6. The Morgan fingerprint density at radius 2 is 0.773 bits per heavy atom. The molecule has 0 aliphatic carbocycles. The van der Waals surface area contributed by atoms with Gasteiger partial charge in [-0.05, 0) is 0 Å². The van der Waals surface area contributed by atoms with Crippen molar-refractivity contribution in [1.29, 1.82) is 0 Å². The van der Waals surface area contributed by atoms with Gasteiger partial charge in [-0.2, -0.15) is 0 Å². The monoisotopic (exact) mass is 342 g/mol. The molecule has 0 unspecified atom stereocenters. The first-order chi connectivity index (χ1) is 9.20. The molecule has 0 saturated heterocycles. The van der Waals surface area contributed by atoms with E-state index in [9.17, 15) is 19.2 Å². The van der Waals surface area contributed by atoms with Gasteiger partial charge in [-0.1, -0.05) is 0 Å². The Kier molecular flexibility index (Phi) is 17.5. The van der Waals surface area contributed by atoms with E-state index in [1.807, 2.05) is 0 Å². The van der Waals surface area contributed by atoms with Gasteiger partial charge in [0.15, 0.2) is 0 Å². The first-order valence-corrected chi connectivity index (χ1v) is 5.52. The first-order valence-electron chi connectivity index (χ1n) is 5.52. The molecule has 4 N–H and O–H groups in total. The summed E-state index contributed by atoms with van der Waals surface area (Å²) in [5, 5.41) is 34.5. The van der Waals surface area contributed by atoms with Gasteiger partial charge < -0.3 is 20.4 Å². The molecule has 0 aliphatic rings. The zero-order chi connectivity index (χ0) is 15.7. The molecule has 0 bridgehead atoms. The summed E-state index contributed by atoms with van der Waals surface area (Å²) >= 11 is 0. The SMILES string of the molecule is O=C(O)CN(CCN(CC(=O)O)CC(=O)O)CC(=O)O.[H+].[H+].[NaH].[NaH]. The van der Waals surface area contributed by atoms with Crippen LogP contribution in [0, 0.1) is 0 Å². The second kappa shape index (κ2) is 14.4. The zero-order valence-electron chi connectivity index (χ0n) is 12.6. The topological polar surface area (TPSA) is 156 Å². The summed E-state index contributed by atoms with van der Waals surface area (Å²) in [6.07, 6.45) is 0. The number of aliphatic carboxylic acids is 4. The third-order valence-corrected chi connectivity index (χ3v) is 2.17. The summed E-state index contributed by atoms with van der Waals surface area (Å²) in [5.41, 5.74) is 0. The Morgan fingerprint density at radius 3 is 0.909 bits per heavy atom. The van der Waals surface area contributed by atoms with E-state index in [1.165, 1.54) is 0 Å². The minimum absolute atomic E-state index is 0. The van der Waals surface area contributed by atoms with Crippen LogP contribution in [-0.4, -0.2) is 152 Å². The van der Waals surface area contributed by atoms with Crippen LogP contribution >= 0.6 is 0 Å². The van der Waals surface area contributed by atoms with Crippen LogP contribution in [0.2, 0.25) is 0 Å². The van der Waals surface area contributed by atoms with Gasteiger partial charge in [0.25, 0.3) is 0 Å². The van der Waals surface area contributed by atoms with E-state index in [0.29, 0.717) is 0 Å². The number of nitrogens with zero attached hydrogens (tertiary/aromatic N) is 2. The Labute approximate surface area is 173 Å². The molecule has 0 aromatic rings. The molecule has 0 radical (unpaired) electrons. The maximum absolute atomic E-state index is 10.6. The van der Waals surface area contributed by atoms with Gasteiger partial charge in [0, 0.05) is 13.1 Å². The van der Waals surface area contributed by atoms with Crippen LogP contribution in [0.25, 0.3) is 0 Å². The van der Waals surface area contributed by atoms with Crippen molar-refractivity contribution in [3.8, 4) is 0 Å². The van der Waals surface area contributed by atoms with Crippen molar-refractivity contribution in [3.05, 3.63) is 0 Å². The van der Waals surface area contributed by atoms with Gasteiger partial charge in [0.2, 0.25) is 0 Å². The van der Waals surface area contributed by atoms with Crippen molar-refractivity contribution in [2.75, 3.05) is 39.3 Å². The summed E-state index contributed by atoms with van der Waals surface area (Å²) in [5.74, 6) is -4.91. The van der Waals surface area contributed by atoms with Crippen LogP contribution < -0.4 is 0 Å². The quantitative estimate of drug-likeness (QED) is 0.283. The van der Waals surface area contributed by atoms with E-state index in [1.54, 1.807) is 0 Å². The Bertz CT molecular complexity index is 335. The second-order valence-corrected chi connectivity index (χ2v) is 4.00. The number of carboxylic acid groups (broad SMARTS) is 4. The predicted molar refractivity (Wildman–Crippen MR) is 79.9 cm³/mol. The fourth-order valence-corrected chi connectivity index (χ4v) is 1.48. The fraction of sp³-hybridized carbons (Fsp3) is 0.600. The van der Waals surface area contributed by atoms with Gasteiger partial charge in [0.1, 0.15) is 0 Å². The summed E-state index contributed by atoms with van der Waals surface area (Å²) in [6, 6.07) is 0. The van der Waals surface area contributed by atoms with E-state index in [2.05, 4.69) is 0 Å². The van der Waals surface area contributed by atoms with E-state index < -0.39 is 50.1 Å². The third-order valence-electron chi connectivity index (χ3n) is 2.17. The summed E-state index contributed by atoms with van der Waals surface area (Å²) < 4.78 is 0. The van der Waals surface area contributed by atoms with Crippen LogP contribution in [-0.2, 0) is 19.2 Å². The van der Waals surface area contributed by atoms with Gasteiger partial charge in [-0.3, -0.25) is 29.0 Å². The molecule has 10 nitrogen and oxygen atoms in total. The normalized spacial score (nSPS) is 9.73. The molecule has 118 valence electrons. The third kappa shape index (κ3) is 16.2. The molecular weight excluding hydrogens is 322 g/mol. The van der Waals surface area contributed by atoms with Crippen molar-refractivity contribution in [2.45, 2.75) is 0 Å². The Balaban J connectivity index is -0.000000301. The van der Waals surface area contributed by atoms with Crippen molar-refractivity contribution >= 4 is 83.0 Å². The first kappa shape index (κ1) is 26.7. The Hall–Kier alpha value is -0.200. The molecule has 0 fully saturated rings. The number of carbonyl (C=O) groups is 4. The van der Waals surface area contributed by atoms with Gasteiger partial charge in [-0.15, -0.1) is 0 Å². The van der Waals surface area contributed by atoms with Crippen molar-refractivity contribution in [2.24, 2.45) is 0 Å². The minimum atomic E-state index is -1.23. The van der Waals surface area contributed by atoms with E-state index in [0.717, 1.165) is 9.80 Å². The van der Waals surface area contributed by atoms with Crippen molar-refractivity contribution < 1.29 is 42.5 Å². The molecule has 0 saturated carbocycles. The molecule has 0 aromatic carbocycles. The summed E-state index contributed by atoms with van der Waals surface area (Å²) in [6.45, 7) is -2.25. The van der Waals surface area contributed by atoms with E-state index in [4.69, 9.17) is 20.4 Å².